The number of esters is 1. The molecule has 0 bridgehead atoms. The van der Waals surface area contributed by atoms with Crippen LogP contribution in [0.2, 0.25) is 0 Å². The summed E-state index contributed by atoms with van der Waals surface area (Å²) in [6.07, 6.45) is 3.51. The fourth-order valence-electron chi connectivity index (χ4n) is 3.81. The molecule has 3 rings (SSSR count). The lowest BCUT2D eigenvalue weighted by molar-refractivity contribution is -0.153. The number of fused-ring (bicyclic) bond motifs is 1. The number of rotatable bonds is 7. The molecule has 1 N–H and O–H groups in total. The molecular formula is C25H29NO4. The van der Waals surface area contributed by atoms with Crippen molar-refractivity contribution in [2.24, 2.45) is 0 Å². The molecule has 0 aliphatic heterocycles. The summed E-state index contributed by atoms with van der Waals surface area (Å²) in [7, 11) is 0. The maximum Gasteiger partial charge on any atom is 0.307 e. The van der Waals surface area contributed by atoms with Gasteiger partial charge in [-0.1, -0.05) is 30.3 Å². The van der Waals surface area contributed by atoms with Crippen LogP contribution >= 0.6 is 0 Å². The molecule has 0 saturated heterocycles. The van der Waals surface area contributed by atoms with Crippen molar-refractivity contribution in [3.05, 3.63) is 64.2 Å². The summed E-state index contributed by atoms with van der Waals surface area (Å²) >= 11 is 0. The van der Waals surface area contributed by atoms with Crippen LogP contribution in [0.15, 0.2) is 36.4 Å². The van der Waals surface area contributed by atoms with Crippen LogP contribution in [0.3, 0.4) is 0 Å². The first-order valence-electron chi connectivity index (χ1n) is 10.6. The third-order valence-electron chi connectivity index (χ3n) is 5.63. The molecule has 30 heavy (non-hydrogen) atoms. The summed E-state index contributed by atoms with van der Waals surface area (Å²) in [6, 6.07) is 11.6. The van der Waals surface area contributed by atoms with Crippen molar-refractivity contribution in [3.8, 4) is 0 Å². The number of carbonyl (C=O) groups is 3. The SMILES string of the molecule is Cc1cccc(C)c1NC(=O)[C@@H](C)OC(=O)CCC(=O)c1ccc2c(c1)CCCC2. The van der Waals surface area contributed by atoms with Crippen LogP contribution in [-0.2, 0) is 27.2 Å². The number of hydrogen-bond acceptors (Lipinski definition) is 4. The number of benzene rings is 2. The predicted octanol–water partition coefficient (Wildman–Crippen LogP) is 4.72. The molecule has 0 fully saturated rings. The quantitative estimate of drug-likeness (QED) is 0.533. The number of para-hydroxylation sites is 1. The molecule has 0 saturated carbocycles. The van der Waals surface area contributed by atoms with E-state index in [1.54, 1.807) is 0 Å². The van der Waals surface area contributed by atoms with Gasteiger partial charge >= 0.3 is 5.97 Å². The Kier molecular flexibility index (Phi) is 7.03. The fourth-order valence-corrected chi connectivity index (χ4v) is 3.81. The molecule has 5 nitrogen and oxygen atoms in total. The Morgan fingerprint density at radius 2 is 1.63 bits per heavy atom. The van der Waals surface area contributed by atoms with Crippen LogP contribution in [0.1, 0.15) is 65.2 Å². The van der Waals surface area contributed by atoms with E-state index in [9.17, 15) is 14.4 Å². The number of amides is 1. The average molecular weight is 408 g/mol. The van der Waals surface area contributed by atoms with E-state index in [1.165, 1.54) is 24.5 Å². The number of ketones is 1. The first kappa shape index (κ1) is 21.8. The van der Waals surface area contributed by atoms with Gasteiger partial charge in [0.2, 0.25) is 0 Å². The van der Waals surface area contributed by atoms with Crippen LogP contribution in [0.5, 0.6) is 0 Å². The molecule has 0 spiro atoms. The minimum atomic E-state index is -0.935. The van der Waals surface area contributed by atoms with Gasteiger partial charge in [-0.25, -0.2) is 0 Å². The minimum absolute atomic E-state index is 0.0447. The Morgan fingerprint density at radius 3 is 2.33 bits per heavy atom. The first-order valence-corrected chi connectivity index (χ1v) is 10.6. The summed E-state index contributed by atoms with van der Waals surface area (Å²) in [4.78, 5) is 37.0. The molecule has 1 aliphatic rings. The van der Waals surface area contributed by atoms with Gasteiger partial charge < -0.3 is 10.1 Å². The number of carbonyl (C=O) groups excluding carboxylic acids is 3. The standard InChI is InChI=1S/C25H29NO4/c1-16-7-6-8-17(2)24(16)26-25(29)18(3)30-23(28)14-13-22(27)21-12-11-19-9-4-5-10-20(19)15-21/h6-8,11-12,15,18H,4-5,9-10,13-14H2,1-3H3,(H,26,29)/t18-/m1/s1. The maximum atomic E-state index is 12.5. The van der Waals surface area contributed by atoms with Gasteiger partial charge in [0.05, 0.1) is 6.42 Å². The number of aryl methyl sites for hydroxylation is 4. The van der Waals surface area contributed by atoms with Gasteiger partial charge in [-0.3, -0.25) is 14.4 Å². The second-order valence-electron chi connectivity index (χ2n) is 8.00. The molecule has 0 aromatic heterocycles. The topological polar surface area (TPSA) is 72.5 Å². The van der Waals surface area contributed by atoms with Crippen LogP contribution in [0, 0.1) is 13.8 Å². The highest BCUT2D eigenvalue weighted by Gasteiger charge is 2.20. The summed E-state index contributed by atoms with van der Waals surface area (Å²) in [5.74, 6) is -1.01. The van der Waals surface area contributed by atoms with Gasteiger partial charge in [-0.05, 0) is 74.8 Å². The molecule has 2 aromatic carbocycles. The summed E-state index contributed by atoms with van der Waals surface area (Å²) in [5, 5.41) is 2.82. The zero-order valence-corrected chi connectivity index (χ0v) is 17.9. The van der Waals surface area contributed by atoms with E-state index in [2.05, 4.69) is 5.32 Å². The lowest BCUT2D eigenvalue weighted by Crippen LogP contribution is -2.30. The Labute approximate surface area is 177 Å². The maximum absolute atomic E-state index is 12.5. The molecule has 1 amide bonds. The van der Waals surface area contributed by atoms with Crippen molar-refractivity contribution in [1.82, 2.24) is 0 Å². The van der Waals surface area contributed by atoms with Gasteiger partial charge in [0.15, 0.2) is 11.9 Å². The molecule has 158 valence electrons. The van der Waals surface area contributed by atoms with Crippen LogP contribution in [0.25, 0.3) is 0 Å². The fraction of sp³-hybridized carbons (Fsp3) is 0.400. The molecular weight excluding hydrogens is 378 g/mol. The molecule has 0 radical (unpaired) electrons. The summed E-state index contributed by atoms with van der Waals surface area (Å²) in [6.45, 7) is 5.35. The number of Topliss-reactive ketones (excluding diaryl/α,β-unsaturated/α-hetero) is 1. The second kappa shape index (κ2) is 9.70. The molecule has 0 unspecified atom stereocenters. The van der Waals surface area contributed by atoms with E-state index in [0.717, 1.165) is 36.1 Å². The van der Waals surface area contributed by atoms with Crippen molar-refractivity contribution in [1.29, 1.82) is 0 Å². The van der Waals surface area contributed by atoms with Gasteiger partial charge in [0.25, 0.3) is 5.91 Å². The average Bonchev–Trinajstić information content (AvgIpc) is 2.74. The minimum Gasteiger partial charge on any atom is -0.453 e. The van der Waals surface area contributed by atoms with E-state index in [-0.39, 0.29) is 24.5 Å². The zero-order valence-electron chi connectivity index (χ0n) is 17.9. The first-order chi connectivity index (χ1) is 14.3. The Morgan fingerprint density at radius 1 is 0.967 bits per heavy atom. The normalized spacial score (nSPS) is 13.8. The van der Waals surface area contributed by atoms with Gasteiger partial charge in [-0.15, -0.1) is 0 Å². The van der Waals surface area contributed by atoms with Crippen molar-refractivity contribution in [2.45, 2.75) is 65.4 Å². The number of hydrogen-bond donors (Lipinski definition) is 1. The lowest BCUT2D eigenvalue weighted by atomic mass is 9.89. The highest BCUT2D eigenvalue weighted by Crippen LogP contribution is 2.23. The van der Waals surface area contributed by atoms with Crippen molar-refractivity contribution in [3.63, 3.8) is 0 Å². The molecule has 1 atom stereocenters. The number of ether oxygens (including phenoxy) is 1. The molecule has 5 heteroatoms. The highest BCUT2D eigenvalue weighted by molar-refractivity contribution is 5.99. The number of nitrogens with one attached hydrogen (secondary N) is 1. The lowest BCUT2D eigenvalue weighted by Gasteiger charge is -2.17. The highest BCUT2D eigenvalue weighted by atomic mass is 16.5. The third-order valence-corrected chi connectivity index (χ3v) is 5.63. The Balaban J connectivity index is 1.50. The van der Waals surface area contributed by atoms with Crippen molar-refractivity contribution >= 4 is 23.3 Å². The largest absolute Gasteiger partial charge is 0.453 e. The Hall–Kier alpha value is -2.95. The molecule has 0 heterocycles. The molecule has 2 aromatic rings. The van der Waals surface area contributed by atoms with Crippen molar-refractivity contribution < 1.29 is 19.1 Å². The van der Waals surface area contributed by atoms with Gasteiger partial charge in [0.1, 0.15) is 0 Å². The van der Waals surface area contributed by atoms with Crippen LogP contribution < -0.4 is 5.32 Å². The van der Waals surface area contributed by atoms with E-state index >= 15 is 0 Å². The summed E-state index contributed by atoms with van der Waals surface area (Å²) < 4.78 is 5.24. The van der Waals surface area contributed by atoms with Crippen LogP contribution in [0.4, 0.5) is 5.69 Å². The van der Waals surface area contributed by atoms with E-state index in [4.69, 9.17) is 4.74 Å². The van der Waals surface area contributed by atoms with E-state index < -0.39 is 12.1 Å². The zero-order chi connectivity index (χ0) is 21.7. The summed E-state index contributed by atoms with van der Waals surface area (Å²) in [5.41, 5.74) is 5.82. The van der Waals surface area contributed by atoms with Crippen LogP contribution in [-0.4, -0.2) is 23.8 Å². The smallest absolute Gasteiger partial charge is 0.307 e. The number of anilines is 1. The van der Waals surface area contributed by atoms with Crippen molar-refractivity contribution in [2.75, 3.05) is 5.32 Å². The van der Waals surface area contributed by atoms with E-state index in [0.29, 0.717) is 5.56 Å². The molecule has 1 aliphatic carbocycles. The monoisotopic (exact) mass is 407 g/mol. The second-order valence-corrected chi connectivity index (χ2v) is 8.00. The third kappa shape index (κ3) is 5.35. The van der Waals surface area contributed by atoms with Gasteiger partial charge in [0, 0.05) is 17.7 Å². The Bertz CT molecular complexity index is 943. The van der Waals surface area contributed by atoms with E-state index in [1.807, 2.05) is 50.2 Å². The van der Waals surface area contributed by atoms with Gasteiger partial charge in [-0.2, -0.15) is 0 Å². The predicted molar refractivity (Wildman–Crippen MR) is 117 cm³/mol.